The van der Waals surface area contributed by atoms with E-state index in [-0.39, 0.29) is 17.7 Å². The van der Waals surface area contributed by atoms with E-state index in [9.17, 15) is 9.59 Å². The van der Waals surface area contributed by atoms with Gasteiger partial charge >= 0.3 is 0 Å². The Hall–Kier alpha value is -1.12. The SMILES string of the molecule is CC/C=C/CCC1CCC(=O)NC1=O. The third-order valence-electron chi connectivity index (χ3n) is 2.44. The highest BCUT2D eigenvalue weighted by Gasteiger charge is 2.25. The minimum absolute atomic E-state index is 0.0363. The standard InChI is InChI=1S/C11H17NO2/c1-2-3-4-5-6-9-7-8-10(13)12-11(9)14/h3-4,9H,2,5-8H2,1H3,(H,12,13,14)/b4-3+. The van der Waals surface area contributed by atoms with E-state index < -0.39 is 0 Å². The largest absolute Gasteiger partial charge is 0.296 e. The van der Waals surface area contributed by atoms with E-state index in [2.05, 4.69) is 24.4 Å². The number of hydrogen-bond donors (Lipinski definition) is 1. The number of carbonyl (C=O) groups excluding carboxylic acids is 2. The average molecular weight is 195 g/mol. The molecule has 0 bridgehead atoms. The topological polar surface area (TPSA) is 46.2 Å². The number of rotatable bonds is 4. The summed E-state index contributed by atoms with van der Waals surface area (Å²) in [7, 11) is 0. The monoisotopic (exact) mass is 195 g/mol. The number of amides is 2. The Morgan fingerprint density at radius 2 is 2.21 bits per heavy atom. The van der Waals surface area contributed by atoms with E-state index in [1.165, 1.54) is 0 Å². The van der Waals surface area contributed by atoms with Gasteiger partial charge < -0.3 is 0 Å². The van der Waals surface area contributed by atoms with Crippen LogP contribution >= 0.6 is 0 Å². The Morgan fingerprint density at radius 1 is 1.43 bits per heavy atom. The average Bonchev–Trinajstić information content (AvgIpc) is 2.15. The number of piperidine rings is 1. The summed E-state index contributed by atoms with van der Waals surface area (Å²) in [5, 5.41) is 2.37. The molecule has 0 radical (unpaired) electrons. The molecule has 1 N–H and O–H groups in total. The van der Waals surface area contributed by atoms with Crippen molar-refractivity contribution in [2.45, 2.75) is 39.0 Å². The van der Waals surface area contributed by atoms with Crippen LogP contribution in [0.5, 0.6) is 0 Å². The van der Waals surface area contributed by atoms with Gasteiger partial charge in [-0.15, -0.1) is 0 Å². The number of carbonyl (C=O) groups is 2. The van der Waals surface area contributed by atoms with E-state index in [1.807, 2.05) is 0 Å². The molecule has 14 heavy (non-hydrogen) atoms. The van der Waals surface area contributed by atoms with Crippen molar-refractivity contribution in [3.63, 3.8) is 0 Å². The first-order valence-corrected chi connectivity index (χ1v) is 5.22. The molecule has 0 aliphatic carbocycles. The number of imide groups is 1. The molecule has 78 valence electrons. The summed E-state index contributed by atoms with van der Waals surface area (Å²) in [5.74, 6) is -0.185. The van der Waals surface area contributed by atoms with Crippen LogP contribution in [0, 0.1) is 5.92 Å². The van der Waals surface area contributed by atoms with Gasteiger partial charge in [0.15, 0.2) is 0 Å². The summed E-state index contributed by atoms with van der Waals surface area (Å²) >= 11 is 0. The Balaban J connectivity index is 2.27. The van der Waals surface area contributed by atoms with E-state index in [4.69, 9.17) is 0 Å². The van der Waals surface area contributed by atoms with E-state index >= 15 is 0 Å². The lowest BCUT2D eigenvalue weighted by Gasteiger charge is -2.19. The maximum Gasteiger partial charge on any atom is 0.229 e. The molecule has 1 aliphatic heterocycles. The van der Waals surface area contributed by atoms with Crippen LogP contribution in [-0.4, -0.2) is 11.8 Å². The summed E-state index contributed by atoms with van der Waals surface area (Å²) in [6, 6.07) is 0. The Bertz CT molecular complexity index is 246. The highest BCUT2D eigenvalue weighted by molar-refractivity contribution is 5.98. The van der Waals surface area contributed by atoms with Crippen LogP contribution in [0.15, 0.2) is 12.2 Å². The minimum atomic E-state index is -0.129. The molecule has 0 aromatic heterocycles. The summed E-state index contributed by atoms with van der Waals surface area (Å²) in [6.07, 6.45) is 8.24. The van der Waals surface area contributed by atoms with Crippen molar-refractivity contribution in [1.29, 1.82) is 0 Å². The van der Waals surface area contributed by atoms with Gasteiger partial charge in [-0.3, -0.25) is 14.9 Å². The molecule has 0 spiro atoms. The van der Waals surface area contributed by atoms with Crippen molar-refractivity contribution >= 4 is 11.8 Å². The summed E-state index contributed by atoms with van der Waals surface area (Å²) in [5.41, 5.74) is 0. The molecule has 1 atom stereocenters. The normalized spacial score (nSPS) is 22.8. The molecule has 0 aromatic rings. The molecule has 1 rings (SSSR count). The molecule has 0 aromatic carbocycles. The molecule has 1 fully saturated rings. The van der Waals surface area contributed by atoms with Crippen molar-refractivity contribution in [2.75, 3.05) is 0 Å². The van der Waals surface area contributed by atoms with Crippen LogP contribution in [-0.2, 0) is 9.59 Å². The fourth-order valence-corrected chi connectivity index (χ4v) is 1.60. The van der Waals surface area contributed by atoms with Gasteiger partial charge in [-0.2, -0.15) is 0 Å². The lowest BCUT2D eigenvalue weighted by Crippen LogP contribution is -2.40. The molecule has 2 amide bonds. The van der Waals surface area contributed by atoms with Crippen molar-refractivity contribution in [3.8, 4) is 0 Å². The third kappa shape index (κ3) is 3.32. The van der Waals surface area contributed by atoms with Crippen molar-refractivity contribution in [3.05, 3.63) is 12.2 Å². The van der Waals surface area contributed by atoms with Gasteiger partial charge in [0.05, 0.1) is 0 Å². The van der Waals surface area contributed by atoms with Gasteiger partial charge in [-0.05, 0) is 25.7 Å². The minimum Gasteiger partial charge on any atom is -0.296 e. The van der Waals surface area contributed by atoms with Crippen LogP contribution in [0.1, 0.15) is 39.0 Å². The lowest BCUT2D eigenvalue weighted by molar-refractivity contribution is -0.136. The smallest absolute Gasteiger partial charge is 0.229 e. The maximum atomic E-state index is 11.3. The highest BCUT2D eigenvalue weighted by Crippen LogP contribution is 2.17. The summed E-state index contributed by atoms with van der Waals surface area (Å²) in [4.78, 5) is 22.2. The van der Waals surface area contributed by atoms with Gasteiger partial charge in [-0.1, -0.05) is 19.1 Å². The quantitative estimate of drug-likeness (QED) is 0.549. The number of allylic oxidation sites excluding steroid dienone is 2. The molecule has 1 heterocycles. The van der Waals surface area contributed by atoms with Gasteiger partial charge in [0, 0.05) is 12.3 Å². The van der Waals surface area contributed by atoms with Crippen LogP contribution in [0.4, 0.5) is 0 Å². The van der Waals surface area contributed by atoms with Gasteiger partial charge in [0.25, 0.3) is 0 Å². The van der Waals surface area contributed by atoms with Crippen LogP contribution in [0.25, 0.3) is 0 Å². The molecule has 1 aliphatic rings. The van der Waals surface area contributed by atoms with Crippen molar-refractivity contribution < 1.29 is 9.59 Å². The van der Waals surface area contributed by atoms with Crippen LogP contribution < -0.4 is 5.32 Å². The first kappa shape index (κ1) is 11.0. The first-order valence-electron chi connectivity index (χ1n) is 5.22. The number of nitrogens with one attached hydrogen (secondary N) is 1. The summed E-state index contributed by atoms with van der Waals surface area (Å²) < 4.78 is 0. The van der Waals surface area contributed by atoms with Crippen molar-refractivity contribution in [2.24, 2.45) is 5.92 Å². The molecule has 1 saturated heterocycles. The fourth-order valence-electron chi connectivity index (χ4n) is 1.60. The Morgan fingerprint density at radius 3 is 2.86 bits per heavy atom. The summed E-state index contributed by atoms with van der Waals surface area (Å²) in [6.45, 7) is 2.09. The number of hydrogen-bond acceptors (Lipinski definition) is 2. The zero-order valence-electron chi connectivity index (χ0n) is 8.58. The van der Waals surface area contributed by atoms with E-state index in [0.717, 1.165) is 19.3 Å². The van der Waals surface area contributed by atoms with Gasteiger partial charge in [0.1, 0.15) is 0 Å². The zero-order chi connectivity index (χ0) is 10.4. The van der Waals surface area contributed by atoms with Crippen molar-refractivity contribution in [1.82, 2.24) is 5.32 Å². The Kier molecular flexibility index (Phi) is 4.36. The van der Waals surface area contributed by atoms with Gasteiger partial charge in [-0.25, -0.2) is 0 Å². The predicted molar refractivity (Wildman–Crippen MR) is 54.5 cm³/mol. The first-order chi connectivity index (χ1) is 6.74. The fraction of sp³-hybridized carbons (Fsp3) is 0.636. The molecule has 3 nitrogen and oxygen atoms in total. The maximum absolute atomic E-state index is 11.3. The molecule has 3 heteroatoms. The molecule has 1 unspecified atom stereocenters. The van der Waals surface area contributed by atoms with Crippen LogP contribution in [0.2, 0.25) is 0 Å². The van der Waals surface area contributed by atoms with E-state index in [0.29, 0.717) is 12.8 Å². The lowest BCUT2D eigenvalue weighted by atomic mass is 9.93. The molecule has 0 saturated carbocycles. The second-order valence-electron chi connectivity index (χ2n) is 3.61. The predicted octanol–water partition coefficient (Wildman–Crippen LogP) is 1.79. The van der Waals surface area contributed by atoms with Crippen LogP contribution in [0.3, 0.4) is 0 Å². The molecular formula is C11H17NO2. The second kappa shape index (κ2) is 5.58. The van der Waals surface area contributed by atoms with E-state index in [1.54, 1.807) is 0 Å². The zero-order valence-corrected chi connectivity index (χ0v) is 8.58. The second-order valence-corrected chi connectivity index (χ2v) is 3.61. The highest BCUT2D eigenvalue weighted by atomic mass is 16.2. The third-order valence-corrected chi connectivity index (χ3v) is 2.44. The molecular weight excluding hydrogens is 178 g/mol. The Labute approximate surface area is 84.6 Å². The van der Waals surface area contributed by atoms with Gasteiger partial charge in [0.2, 0.25) is 11.8 Å².